The Morgan fingerprint density at radius 1 is 1.44 bits per heavy atom. The maximum absolute atomic E-state index is 12.0. The van der Waals surface area contributed by atoms with Gasteiger partial charge in [-0.1, -0.05) is 13.8 Å². The Morgan fingerprint density at radius 2 is 2.00 bits per heavy atom. The Kier molecular flexibility index (Phi) is 4.50. The molecule has 1 rings (SSSR count). The first-order valence-corrected chi connectivity index (χ1v) is 7.45. The average Bonchev–Trinajstić information content (AvgIpc) is 2.42. The molecule has 1 amide bonds. The van der Waals surface area contributed by atoms with Gasteiger partial charge in [0.05, 0.1) is 12.2 Å². The van der Waals surface area contributed by atoms with E-state index < -0.39 is 10.8 Å². The highest BCUT2D eigenvalue weighted by molar-refractivity contribution is 7.84. The number of carbonyl (C=O) groups excluding carboxylic acids is 1. The van der Waals surface area contributed by atoms with Gasteiger partial charge in [0.2, 0.25) is 5.91 Å². The summed E-state index contributed by atoms with van der Waals surface area (Å²) in [6.45, 7) is 8.03. The zero-order valence-corrected chi connectivity index (χ0v) is 11.5. The third-order valence-corrected chi connectivity index (χ3v) is 3.88. The molecule has 4 unspecified atom stereocenters. The fourth-order valence-electron chi connectivity index (χ4n) is 2.19. The topological polar surface area (TPSA) is 49.4 Å². The predicted octanol–water partition coefficient (Wildman–Crippen LogP) is 0.556. The molecule has 0 aromatic carbocycles. The molecule has 1 aliphatic heterocycles. The zero-order valence-electron chi connectivity index (χ0n) is 10.7. The van der Waals surface area contributed by atoms with Crippen molar-refractivity contribution in [3.05, 3.63) is 0 Å². The van der Waals surface area contributed by atoms with Crippen LogP contribution < -0.4 is 5.32 Å². The summed E-state index contributed by atoms with van der Waals surface area (Å²) in [5.41, 5.74) is 0. The van der Waals surface area contributed by atoms with Crippen molar-refractivity contribution in [2.24, 2.45) is 5.92 Å². The van der Waals surface area contributed by atoms with Gasteiger partial charge in [-0.2, -0.15) is 0 Å². The largest absolute Gasteiger partial charge is 0.322 e. The van der Waals surface area contributed by atoms with E-state index in [0.717, 1.165) is 0 Å². The SMILES string of the molecule is CC1NC(C(C)C)N(C(C)CS(C)=O)C1=O. The van der Waals surface area contributed by atoms with Gasteiger partial charge in [-0.25, -0.2) is 0 Å². The van der Waals surface area contributed by atoms with E-state index in [1.54, 1.807) is 6.26 Å². The molecule has 94 valence electrons. The lowest BCUT2D eigenvalue weighted by atomic mass is 10.1. The summed E-state index contributed by atoms with van der Waals surface area (Å²) < 4.78 is 11.2. The Bertz CT molecular complexity index is 294. The van der Waals surface area contributed by atoms with Gasteiger partial charge in [0, 0.05) is 28.9 Å². The summed E-state index contributed by atoms with van der Waals surface area (Å²) in [5.74, 6) is 1.03. The number of rotatable bonds is 4. The van der Waals surface area contributed by atoms with Crippen molar-refractivity contribution >= 4 is 16.7 Å². The predicted molar refractivity (Wildman–Crippen MR) is 66.5 cm³/mol. The Labute approximate surface area is 100 Å². The minimum Gasteiger partial charge on any atom is -0.322 e. The second-order valence-corrected chi connectivity index (χ2v) is 6.39. The van der Waals surface area contributed by atoms with E-state index in [0.29, 0.717) is 11.7 Å². The van der Waals surface area contributed by atoms with Gasteiger partial charge < -0.3 is 4.90 Å². The second-order valence-electron chi connectivity index (χ2n) is 4.91. The second kappa shape index (κ2) is 5.27. The molecule has 0 aromatic heterocycles. The smallest absolute Gasteiger partial charge is 0.241 e. The van der Waals surface area contributed by atoms with E-state index in [1.807, 2.05) is 18.7 Å². The summed E-state index contributed by atoms with van der Waals surface area (Å²) in [4.78, 5) is 13.9. The molecule has 1 N–H and O–H groups in total. The number of hydrogen-bond acceptors (Lipinski definition) is 3. The fraction of sp³-hybridized carbons (Fsp3) is 0.909. The quantitative estimate of drug-likeness (QED) is 0.788. The molecule has 0 saturated carbocycles. The van der Waals surface area contributed by atoms with Gasteiger partial charge >= 0.3 is 0 Å². The highest BCUT2D eigenvalue weighted by atomic mass is 32.2. The molecular weight excluding hydrogens is 224 g/mol. The van der Waals surface area contributed by atoms with Gasteiger partial charge in [-0.15, -0.1) is 0 Å². The molecule has 4 atom stereocenters. The Hall–Kier alpha value is -0.420. The van der Waals surface area contributed by atoms with Crippen molar-refractivity contribution in [1.82, 2.24) is 10.2 Å². The lowest BCUT2D eigenvalue weighted by molar-refractivity contribution is -0.131. The van der Waals surface area contributed by atoms with Crippen molar-refractivity contribution in [2.75, 3.05) is 12.0 Å². The molecule has 5 heteroatoms. The number of nitrogens with one attached hydrogen (secondary N) is 1. The summed E-state index contributed by atoms with van der Waals surface area (Å²) >= 11 is 0. The highest BCUT2D eigenvalue weighted by Gasteiger charge is 2.40. The van der Waals surface area contributed by atoms with Gasteiger partial charge in [0.1, 0.15) is 0 Å². The lowest BCUT2D eigenvalue weighted by Gasteiger charge is -2.32. The van der Waals surface area contributed by atoms with Gasteiger partial charge in [-0.3, -0.25) is 14.3 Å². The first-order valence-electron chi connectivity index (χ1n) is 5.72. The van der Waals surface area contributed by atoms with E-state index >= 15 is 0 Å². The highest BCUT2D eigenvalue weighted by Crippen LogP contribution is 2.20. The van der Waals surface area contributed by atoms with Crippen LogP contribution in [0.4, 0.5) is 0 Å². The van der Waals surface area contributed by atoms with Crippen LogP contribution in [-0.2, 0) is 15.6 Å². The first kappa shape index (κ1) is 13.6. The van der Waals surface area contributed by atoms with E-state index in [4.69, 9.17) is 0 Å². The lowest BCUT2D eigenvalue weighted by Crippen LogP contribution is -2.48. The molecule has 1 aliphatic rings. The standard InChI is InChI=1S/C11H22N2O2S/c1-7(2)10-12-9(4)11(14)13(10)8(3)6-16(5)15/h7-10,12H,6H2,1-5H3. The third kappa shape index (κ3) is 2.83. The summed E-state index contributed by atoms with van der Waals surface area (Å²) in [6, 6.07) is -0.0941. The third-order valence-electron chi connectivity index (χ3n) is 2.93. The molecule has 0 aromatic rings. The van der Waals surface area contributed by atoms with Crippen LogP contribution in [0.25, 0.3) is 0 Å². The van der Waals surface area contributed by atoms with Gasteiger partial charge in [0.15, 0.2) is 0 Å². The number of amides is 1. The van der Waals surface area contributed by atoms with Crippen LogP contribution in [0.1, 0.15) is 27.7 Å². The maximum atomic E-state index is 12.0. The average molecular weight is 246 g/mol. The van der Waals surface area contributed by atoms with E-state index in [1.165, 1.54) is 0 Å². The van der Waals surface area contributed by atoms with E-state index in [2.05, 4.69) is 19.2 Å². The fourth-order valence-corrected chi connectivity index (χ4v) is 3.03. The molecule has 0 radical (unpaired) electrons. The van der Waals surface area contributed by atoms with E-state index in [-0.39, 0.29) is 24.2 Å². The molecule has 16 heavy (non-hydrogen) atoms. The van der Waals surface area contributed by atoms with Crippen LogP contribution in [0, 0.1) is 5.92 Å². The molecule has 1 saturated heterocycles. The van der Waals surface area contributed by atoms with Crippen LogP contribution in [0.5, 0.6) is 0 Å². The molecule has 1 fully saturated rings. The van der Waals surface area contributed by atoms with Crippen LogP contribution in [0.2, 0.25) is 0 Å². The molecule has 0 aliphatic carbocycles. The summed E-state index contributed by atoms with van der Waals surface area (Å²) in [7, 11) is -0.868. The van der Waals surface area contributed by atoms with Crippen molar-refractivity contribution < 1.29 is 9.00 Å². The number of hydrogen-bond donors (Lipinski definition) is 1. The van der Waals surface area contributed by atoms with Crippen molar-refractivity contribution in [1.29, 1.82) is 0 Å². The van der Waals surface area contributed by atoms with Crippen LogP contribution >= 0.6 is 0 Å². The minimum atomic E-state index is -0.868. The van der Waals surface area contributed by atoms with Gasteiger partial charge in [-0.05, 0) is 19.8 Å². The Balaban J connectivity index is 2.81. The monoisotopic (exact) mass is 246 g/mol. The number of carbonyl (C=O) groups is 1. The minimum absolute atomic E-state index is 0.0307. The first-order chi connectivity index (χ1) is 7.34. The molecule has 4 nitrogen and oxygen atoms in total. The maximum Gasteiger partial charge on any atom is 0.241 e. The summed E-state index contributed by atoms with van der Waals surface area (Å²) in [5, 5.41) is 3.28. The van der Waals surface area contributed by atoms with Crippen LogP contribution in [-0.4, -0.2) is 45.3 Å². The van der Waals surface area contributed by atoms with E-state index in [9.17, 15) is 9.00 Å². The van der Waals surface area contributed by atoms with Crippen LogP contribution in [0.15, 0.2) is 0 Å². The molecule has 0 bridgehead atoms. The van der Waals surface area contributed by atoms with Crippen LogP contribution in [0.3, 0.4) is 0 Å². The molecule has 1 heterocycles. The molecule has 0 spiro atoms. The van der Waals surface area contributed by atoms with Gasteiger partial charge in [0.25, 0.3) is 0 Å². The summed E-state index contributed by atoms with van der Waals surface area (Å²) in [6.07, 6.45) is 1.75. The molecular formula is C11H22N2O2S. The zero-order chi connectivity index (χ0) is 12.5. The normalized spacial score (nSPS) is 29.9. The number of nitrogens with zero attached hydrogens (tertiary/aromatic N) is 1. The van der Waals surface area contributed by atoms with Crippen molar-refractivity contribution in [3.8, 4) is 0 Å². The van der Waals surface area contributed by atoms with Crippen molar-refractivity contribution in [3.63, 3.8) is 0 Å². The Morgan fingerprint density at radius 3 is 2.44 bits per heavy atom. The van der Waals surface area contributed by atoms with Crippen molar-refractivity contribution in [2.45, 2.75) is 45.9 Å².